The zero-order valence-electron chi connectivity index (χ0n) is 12.5. The SMILES string of the molecule is CC(C)(C)c1cccc2c1C(C)(C)c1ccccc1-2. The molecule has 0 spiro atoms. The van der Waals surface area contributed by atoms with Crippen molar-refractivity contribution >= 4 is 0 Å². The van der Waals surface area contributed by atoms with Crippen molar-refractivity contribution in [2.24, 2.45) is 0 Å². The molecule has 1 aliphatic carbocycles. The van der Waals surface area contributed by atoms with Gasteiger partial charge in [0, 0.05) is 5.41 Å². The zero-order chi connectivity index (χ0) is 13.8. The summed E-state index contributed by atoms with van der Waals surface area (Å²) in [6.07, 6.45) is 0. The van der Waals surface area contributed by atoms with Crippen LogP contribution < -0.4 is 0 Å². The molecule has 0 bridgehead atoms. The van der Waals surface area contributed by atoms with Gasteiger partial charge in [-0.05, 0) is 33.2 Å². The van der Waals surface area contributed by atoms with Crippen molar-refractivity contribution in [1.82, 2.24) is 0 Å². The highest BCUT2D eigenvalue weighted by atomic mass is 14.4. The summed E-state index contributed by atoms with van der Waals surface area (Å²) in [6, 6.07) is 15.6. The van der Waals surface area contributed by atoms with E-state index in [2.05, 4.69) is 77.1 Å². The summed E-state index contributed by atoms with van der Waals surface area (Å²) in [7, 11) is 0. The maximum absolute atomic E-state index is 2.35. The van der Waals surface area contributed by atoms with Crippen molar-refractivity contribution in [2.75, 3.05) is 0 Å². The third-order valence-electron chi connectivity index (χ3n) is 4.39. The van der Waals surface area contributed by atoms with Crippen LogP contribution in [0.1, 0.15) is 51.3 Å². The van der Waals surface area contributed by atoms with E-state index >= 15 is 0 Å². The number of rotatable bonds is 0. The van der Waals surface area contributed by atoms with Gasteiger partial charge >= 0.3 is 0 Å². The van der Waals surface area contributed by atoms with Gasteiger partial charge in [0.1, 0.15) is 0 Å². The van der Waals surface area contributed by atoms with Gasteiger partial charge in [-0.3, -0.25) is 0 Å². The van der Waals surface area contributed by atoms with Crippen molar-refractivity contribution < 1.29 is 0 Å². The topological polar surface area (TPSA) is 0 Å². The lowest BCUT2D eigenvalue weighted by Gasteiger charge is -2.30. The molecule has 0 aromatic heterocycles. The molecule has 0 N–H and O–H groups in total. The Morgan fingerprint density at radius 1 is 0.789 bits per heavy atom. The largest absolute Gasteiger partial charge is 0.0619 e. The average molecular weight is 250 g/mol. The summed E-state index contributed by atoms with van der Waals surface area (Å²) in [6.45, 7) is 11.6. The first-order valence-electron chi connectivity index (χ1n) is 7.07. The van der Waals surface area contributed by atoms with Crippen LogP contribution in [-0.2, 0) is 10.8 Å². The number of hydrogen-bond donors (Lipinski definition) is 0. The summed E-state index contributed by atoms with van der Waals surface area (Å²) in [5.74, 6) is 0. The van der Waals surface area contributed by atoms with E-state index in [-0.39, 0.29) is 10.8 Å². The number of fused-ring (bicyclic) bond motifs is 3. The van der Waals surface area contributed by atoms with Gasteiger partial charge in [-0.1, -0.05) is 77.1 Å². The van der Waals surface area contributed by atoms with E-state index in [1.54, 1.807) is 0 Å². The molecule has 0 saturated heterocycles. The van der Waals surface area contributed by atoms with Crippen LogP contribution in [0.5, 0.6) is 0 Å². The summed E-state index contributed by atoms with van der Waals surface area (Å²) >= 11 is 0. The molecule has 1 aliphatic rings. The van der Waals surface area contributed by atoms with Crippen LogP contribution in [-0.4, -0.2) is 0 Å². The second kappa shape index (κ2) is 3.72. The maximum atomic E-state index is 2.35. The molecule has 2 aromatic rings. The smallest absolute Gasteiger partial charge is 0.0161 e. The average Bonchev–Trinajstić information content (AvgIpc) is 2.59. The minimum absolute atomic E-state index is 0.107. The van der Waals surface area contributed by atoms with Crippen LogP contribution in [0, 0.1) is 0 Å². The lowest BCUT2D eigenvalue weighted by molar-refractivity contribution is 0.556. The first kappa shape index (κ1) is 12.5. The summed E-state index contributed by atoms with van der Waals surface area (Å²) in [5.41, 5.74) is 7.58. The molecule has 3 rings (SSSR count). The summed E-state index contributed by atoms with van der Waals surface area (Å²) in [4.78, 5) is 0. The second-order valence-electron chi connectivity index (χ2n) is 7.15. The van der Waals surface area contributed by atoms with Crippen molar-refractivity contribution in [2.45, 2.75) is 45.4 Å². The van der Waals surface area contributed by atoms with E-state index < -0.39 is 0 Å². The van der Waals surface area contributed by atoms with Crippen molar-refractivity contribution in [3.05, 3.63) is 59.2 Å². The van der Waals surface area contributed by atoms with E-state index in [0.29, 0.717) is 0 Å². The van der Waals surface area contributed by atoms with Gasteiger partial charge in [0.25, 0.3) is 0 Å². The summed E-state index contributed by atoms with van der Waals surface area (Å²) < 4.78 is 0. The van der Waals surface area contributed by atoms with E-state index in [4.69, 9.17) is 0 Å². The van der Waals surface area contributed by atoms with Crippen molar-refractivity contribution in [3.63, 3.8) is 0 Å². The minimum Gasteiger partial charge on any atom is -0.0619 e. The van der Waals surface area contributed by atoms with Gasteiger partial charge < -0.3 is 0 Å². The van der Waals surface area contributed by atoms with Gasteiger partial charge in [0.2, 0.25) is 0 Å². The van der Waals surface area contributed by atoms with Gasteiger partial charge in [0.05, 0.1) is 0 Å². The van der Waals surface area contributed by atoms with E-state index in [0.717, 1.165) is 0 Å². The molecule has 0 radical (unpaired) electrons. The molecule has 0 atom stereocenters. The summed E-state index contributed by atoms with van der Waals surface area (Å²) in [5, 5.41) is 0. The zero-order valence-corrected chi connectivity index (χ0v) is 12.5. The molecule has 0 heteroatoms. The van der Waals surface area contributed by atoms with Crippen LogP contribution in [0.15, 0.2) is 42.5 Å². The highest BCUT2D eigenvalue weighted by molar-refractivity contribution is 5.82. The predicted octanol–water partition coefficient (Wildman–Crippen LogP) is 5.29. The molecule has 0 nitrogen and oxygen atoms in total. The molecule has 0 amide bonds. The third kappa shape index (κ3) is 1.66. The quantitative estimate of drug-likeness (QED) is 0.596. The molecular weight excluding hydrogens is 228 g/mol. The molecule has 19 heavy (non-hydrogen) atoms. The minimum atomic E-state index is 0.107. The van der Waals surface area contributed by atoms with Crippen LogP contribution in [0.25, 0.3) is 11.1 Å². The van der Waals surface area contributed by atoms with E-state index in [1.807, 2.05) is 0 Å². The van der Waals surface area contributed by atoms with Crippen LogP contribution in [0.4, 0.5) is 0 Å². The molecule has 2 aromatic carbocycles. The fraction of sp³-hybridized carbons (Fsp3) is 0.368. The van der Waals surface area contributed by atoms with Gasteiger partial charge in [-0.15, -0.1) is 0 Å². The first-order chi connectivity index (χ1) is 8.83. The molecule has 98 valence electrons. The standard InChI is InChI=1S/C19H22/c1-18(2,3)16-12-8-10-14-13-9-6-7-11-15(13)19(4,5)17(14)16/h6-12H,1-5H3. The van der Waals surface area contributed by atoms with Gasteiger partial charge in [-0.25, -0.2) is 0 Å². The van der Waals surface area contributed by atoms with Crippen LogP contribution >= 0.6 is 0 Å². The fourth-order valence-electron chi connectivity index (χ4n) is 3.47. The van der Waals surface area contributed by atoms with E-state index in [9.17, 15) is 0 Å². The molecule has 0 saturated carbocycles. The van der Waals surface area contributed by atoms with Crippen LogP contribution in [0.2, 0.25) is 0 Å². The Morgan fingerprint density at radius 3 is 2.11 bits per heavy atom. The molecule has 0 aliphatic heterocycles. The Morgan fingerprint density at radius 2 is 1.42 bits per heavy atom. The number of benzene rings is 2. The Balaban J connectivity index is 2.39. The highest BCUT2D eigenvalue weighted by Gasteiger charge is 2.38. The fourth-order valence-corrected chi connectivity index (χ4v) is 3.47. The maximum Gasteiger partial charge on any atom is 0.0161 e. The molecule has 0 heterocycles. The van der Waals surface area contributed by atoms with Crippen molar-refractivity contribution in [3.8, 4) is 11.1 Å². The molecule has 0 fully saturated rings. The first-order valence-corrected chi connectivity index (χ1v) is 7.07. The van der Waals surface area contributed by atoms with E-state index in [1.165, 1.54) is 27.8 Å². The highest BCUT2D eigenvalue weighted by Crippen LogP contribution is 2.51. The monoisotopic (exact) mass is 250 g/mol. The third-order valence-corrected chi connectivity index (χ3v) is 4.39. The van der Waals surface area contributed by atoms with Crippen LogP contribution in [0.3, 0.4) is 0 Å². The van der Waals surface area contributed by atoms with Gasteiger partial charge in [-0.2, -0.15) is 0 Å². The molecule has 0 unspecified atom stereocenters. The molecular formula is C19H22. The Hall–Kier alpha value is -1.56. The van der Waals surface area contributed by atoms with Gasteiger partial charge in [0.15, 0.2) is 0 Å². The Labute approximate surface area is 116 Å². The second-order valence-corrected chi connectivity index (χ2v) is 7.15. The van der Waals surface area contributed by atoms with Crippen molar-refractivity contribution in [1.29, 1.82) is 0 Å². The lowest BCUT2D eigenvalue weighted by atomic mass is 9.74. The predicted molar refractivity (Wildman–Crippen MR) is 82.7 cm³/mol. The number of hydrogen-bond acceptors (Lipinski definition) is 0. The normalized spacial score (nSPS) is 16.1. The lowest BCUT2D eigenvalue weighted by Crippen LogP contribution is -2.22. The Kier molecular flexibility index (Phi) is 2.44. The Bertz CT molecular complexity index is 639.